The van der Waals surface area contributed by atoms with E-state index < -0.39 is 16.4 Å². The lowest BCUT2D eigenvalue weighted by molar-refractivity contribution is -0.151. The van der Waals surface area contributed by atoms with Crippen LogP contribution in [0.15, 0.2) is 72.8 Å². The zero-order chi connectivity index (χ0) is 23.2. The first kappa shape index (κ1) is 24.4. The van der Waals surface area contributed by atoms with E-state index in [1.54, 1.807) is 59.0 Å². The molecule has 0 radical (unpaired) electrons. The van der Waals surface area contributed by atoms with Gasteiger partial charge in [-0.2, -0.15) is 8.78 Å². The van der Waals surface area contributed by atoms with Crippen LogP contribution in [-0.4, -0.2) is 10.5 Å². The standard InChI is InChI=1S/C26H26F3IO2/c1-25(2,20-11-13-22(14-12-20)32-26(28,29)18-30)16-6-7-19-10-15-23(27)24(17-19)31-21-8-4-3-5-9-21/h3-5,8-15,17H,6-7,16,18H2,1-2H3. The molecule has 3 aromatic carbocycles. The second kappa shape index (κ2) is 10.6. The van der Waals surface area contributed by atoms with Crippen LogP contribution in [0.5, 0.6) is 17.2 Å². The van der Waals surface area contributed by atoms with E-state index >= 15 is 0 Å². The van der Waals surface area contributed by atoms with Crippen molar-refractivity contribution in [3.05, 3.63) is 89.7 Å². The van der Waals surface area contributed by atoms with Gasteiger partial charge in [0.05, 0.1) is 0 Å². The lowest BCUT2D eigenvalue weighted by Crippen LogP contribution is -2.26. The molecule has 0 heterocycles. The van der Waals surface area contributed by atoms with Crippen LogP contribution in [0.2, 0.25) is 0 Å². The molecule has 0 aliphatic rings. The lowest BCUT2D eigenvalue weighted by Gasteiger charge is -2.26. The zero-order valence-electron chi connectivity index (χ0n) is 18.1. The maximum absolute atomic E-state index is 14.2. The minimum Gasteiger partial charge on any atom is -0.454 e. The fourth-order valence-corrected chi connectivity index (χ4v) is 3.61. The summed E-state index contributed by atoms with van der Waals surface area (Å²) in [5.41, 5.74) is 1.90. The van der Waals surface area contributed by atoms with Crippen LogP contribution in [0.1, 0.15) is 37.8 Å². The van der Waals surface area contributed by atoms with E-state index in [1.165, 1.54) is 6.07 Å². The van der Waals surface area contributed by atoms with Gasteiger partial charge in [0.2, 0.25) is 0 Å². The highest BCUT2D eigenvalue weighted by Gasteiger charge is 2.30. The molecule has 0 bridgehead atoms. The highest BCUT2D eigenvalue weighted by Crippen LogP contribution is 2.32. The molecule has 0 unspecified atom stereocenters. The fraction of sp³-hybridized carbons (Fsp3) is 0.308. The van der Waals surface area contributed by atoms with Crippen molar-refractivity contribution in [2.45, 2.75) is 44.6 Å². The Labute approximate surface area is 200 Å². The van der Waals surface area contributed by atoms with E-state index in [-0.39, 0.29) is 16.9 Å². The molecule has 0 saturated heterocycles. The summed E-state index contributed by atoms with van der Waals surface area (Å²) >= 11 is 1.60. The third kappa shape index (κ3) is 6.89. The van der Waals surface area contributed by atoms with Gasteiger partial charge in [0, 0.05) is 0 Å². The Morgan fingerprint density at radius 2 is 1.56 bits per heavy atom. The summed E-state index contributed by atoms with van der Waals surface area (Å²) in [4.78, 5) is 0. The number of alkyl halides is 3. The summed E-state index contributed by atoms with van der Waals surface area (Å²) in [6.45, 7) is 4.24. The Morgan fingerprint density at radius 1 is 0.875 bits per heavy atom. The van der Waals surface area contributed by atoms with Crippen LogP contribution >= 0.6 is 22.6 Å². The Kier molecular flexibility index (Phi) is 8.09. The van der Waals surface area contributed by atoms with E-state index in [2.05, 4.69) is 13.8 Å². The Morgan fingerprint density at radius 3 is 2.22 bits per heavy atom. The van der Waals surface area contributed by atoms with Crippen LogP contribution in [0, 0.1) is 5.82 Å². The molecule has 0 fully saturated rings. The van der Waals surface area contributed by atoms with Crippen molar-refractivity contribution in [1.82, 2.24) is 0 Å². The average molecular weight is 554 g/mol. The quantitative estimate of drug-likeness (QED) is 0.185. The van der Waals surface area contributed by atoms with Gasteiger partial charge in [-0.15, -0.1) is 0 Å². The number of rotatable bonds is 10. The first-order valence-corrected chi connectivity index (χ1v) is 12.0. The van der Waals surface area contributed by atoms with Gasteiger partial charge < -0.3 is 9.47 Å². The summed E-state index contributed by atoms with van der Waals surface area (Å²) in [5.74, 6) is 0.567. The van der Waals surface area contributed by atoms with E-state index in [0.717, 1.165) is 30.4 Å². The van der Waals surface area contributed by atoms with Crippen LogP contribution in [-0.2, 0) is 11.8 Å². The SMILES string of the molecule is CC(C)(CCCc1ccc(F)c(Oc2ccccc2)c1)c1ccc(OC(F)(F)CI)cc1. The van der Waals surface area contributed by atoms with E-state index in [4.69, 9.17) is 9.47 Å². The predicted octanol–water partition coefficient (Wildman–Crippen LogP) is 8.33. The van der Waals surface area contributed by atoms with Gasteiger partial charge in [-0.3, -0.25) is 0 Å². The lowest BCUT2D eigenvalue weighted by atomic mass is 9.80. The molecule has 6 heteroatoms. The van der Waals surface area contributed by atoms with Crippen molar-refractivity contribution >= 4 is 22.6 Å². The van der Waals surface area contributed by atoms with Crippen molar-refractivity contribution in [1.29, 1.82) is 0 Å². The number of hydrogen-bond acceptors (Lipinski definition) is 2. The molecule has 0 spiro atoms. The second-order valence-electron chi connectivity index (χ2n) is 8.31. The van der Waals surface area contributed by atoms with Crippen LogP contribution in [0.25, 0.3) is 0 Å². The van der Waals surface area contributed by atoms with Crippen LogP contribution < -0.4 is 9.47 Å². The summed E-state index contributed by atoms with van der Waals surface area (Å²) in [6, 6.07) is 20.9. The van der Waals surface area contributed by atoms with Gasteiger partial charge in [-0.25, -0.2) is 4.39 Å². The summed E-state index contributed by atoms with van der Waals surface area (Å²) in [5, 5.41) is 0. The Balaban J connectivity index is 1.59. The van der Waals surface area contributed by atoms with E-state index in [9.17, 15) is 13.2 Å². The van der Waals surface area contributed by atoms with Gasteiger partial charge in [0.25, 0.3) is 0 Å². The summed E-state index contributed by atoms with van der Waals surface area (Å²) in [6.07, 6.45) is -0.633. The predicted molar refractivity (Wildman–Crippen MR) is 130 cm³/mol. The molecule has 2 nitrogen and oxygen atoms in total. The molecule has 0 atom stereocenters. The molecule has 170 valence electrons. The minimum atomic E-state index is -3.17. The molecule has 32 heavy (non-hydrogen) atoms. The minimum absolute atomic E-state index is 0.145. The Bertz CT molecular complexity index is 1010. The number of hydrogen-bond donors (Lipinski definition) is 0. The Hall–Kier alpha value is -2.22. The summed E-state index contributed by atoms with van der Waals surface area (Å²) in [7, 11) is 0. The molecule has 0 N–H and O–H groups in total. The van der Waals surface area contributed by atoms with Gasteiger partial charge >= 0.3 is 6.11 Å². The number of ether oxygens (including phenoxy) is 2. The number of halogens is 4. The molecule has 0 aromatic heterocycles. The first-order valence-electron chi connectivity index (χ1n) is 10.4. The third-order valence-electron chi connectivity index (χ3n) is 5.29. The average Bonchev–Trinajstić information content (AvgIpc) is 2.77. The molecular formula is C26H26F3IO2. The van der Waals surface area contributed by atoms with E-state index in [0.29, 0.717) is 5.75 Å². The van der Waals surface area contributed by atoms with Gasteiger partial charge in [-0.05, 0) is 72.2 Å². The molecule has 0 amide bonds. The normalized spacial score (nSPS) is 11.9. The van der Waals surface area contributed by atoms with Crippen molar-refractivity contribution in [2.24, 2.45) is 0 Å². The maximum Gasteiger partial charge on any atom is 0.407 e. The van der Waals surface area contributed by atoms with Gasteiger partial charge in [-0.1, -0.05) is 72.8 Å². The highest BCUT2D eigenvalue weighted by atomic mass is 127. The monoisotopic (exact) mass is 554 g/mol. The topological polar surface area (TPSA) is 18.5 Å². The third-order valence-corrected chi connectivity index (χ3v) is 6.18. The summed E-state index contributed by atoms with van der Waals surface area (Å²) < 4.78 is 51.0. The smallest absolute Gasteiger partial charge is 0.407 e. The van der Waals surface area contributed by atoms with Crippen molar-refractivity contribution in [2.75, 3.05) is 4.43 Å². The maximum atomic E-state index is 14.2. The van der Waals surface area contributed by atoms with Crippen molar-refractivity contribution < 1.29 is 22.6 Å². The molecule has 0 aliphatic carbocycles. The number of aryl methyl sites for hydroxylation is 1. The van der Waals surface area contributed by atoms with E-state index in [1.807, 2.05) is 30.3 Å². The van der Waals surface area contributed by atoms with Gasteiger partial charge in [0.15, 0.2) is 11.6 Å². The molecular weight excluding hydrogens is 528 g/mol. The largest absolute Gasteiger partial charge is 0.454 e. The van der Waals surface area contributed by atoms with Crippen molar-refractivity contribution in [3.63, 3.8) is 0 Å². The molecule has 0 aliphatic heterocycles. The highest BCUT2D eigenvalue weighted by molar-refractivity contribution is 14.1. The fourth-order valence-electron chi connectivity index (χ4n) is 3.45. The van der Waals surface area contributed by atoms with Gasteiger partial charge in [0.1, 0.15) is 15.9 Å². The molecule has 0 saturated carbocycles. The number of benzene rings is 3. The second-order valence-corrected chi connectivity index (χ2v) is 9.08. The van der Waals surface area contributed by atoms with Crippen LogP contribution in [0.3, 0.4) is 0 Å². The van der Waals surface area contributed by atoms with Crippen LogP contribution in [0.4, 0.5) is 13.2 Å². The zero-order valence-corrected chi connectivity index (χ0v) is 20.2. The first-order chi connectivity index (χ1) is 15.2. The molecule has 3 aromatic rings. The van der Waals surface area contributed by atoms with Crippen molar-refractivity contribution in [3.8, 4) is 17.2 Å². The number of para-hydroxylation sites is 1. The molecule has 3 rings (SSSR count).